The van der Waals surface area contributed by atoms with Crippen molar-refractivity contribution in [3.8, 4) is 0 Å². The van der Waals surface area contributed by atoms with E-state index in [1.807, 2.05) is 6.92 Å². The third-order valence-electron chi connectivity index (χ3n) is 1.22. The first kappa shape index (κ1) is 8.31. The first-order valence-electron chi connectivity index (χ1n) is 2.99. The lowest BCUT2D eigenvalue weighted by Crippen LogP contribution is -2.31. The summed E-state index contributed by atoms with van der Waals surface area (Å²) in [4.78, 5) is 0. The van der Waals surface area contributed by atoms with Crippen LogP contribution >= 0.6 is 12.6 Å². The molecule has 0 aliphatic rings. The lowest BCUT2D eigenvalue weighted by Gasteiger charge is -2.17. The molecule has 0 spiro atoms. The van der Waals surface area contributed by atoms with Crippen molar-refractivity contribution < 1.29 is 0 Å². The minimum atomic E-state index is 0.207. The molecule has 0 aliphatic heterocycles. The Kier molecular flexibility index (Phi) is 3.49. The van der Waals surface area contributed by atoms with Crippen molar-refractivity contribution in [3.05, 3.63) is 0 Å². The molecule has 0 rings (SSSR count). The lowest BCUT2D eigenvalue weighted by atomic mass is 10.1. The number of hydrogen-bond donors (Lipinski definition) is 2. The highest BCUT2D eigenvalue weighted by Gasteiger charge is 2.11. The van der Waals surface area contributed by atoms with Crippen LogP contribution in [0.3, 0.4) is 0 Å². The highest BCUT2D eigenvalue weighted by Crippen LogP contribution is 2.10. The van der Waals surface area contributed by atoms with E-state index in [1.54, 1.807) is 0 Å². The van der Waals surface area contributed by atoms with Crippen LogP contribution in [0.5, 0.6) is 0 Å². The smallest absolute Gasteiger partial charge is 0.0189 e. The Hall–Kier alpha value is 0.310. The third-order valence-corrected chi connectivity index (χ3v) is 2.29. The number of thiol groups is 1. The van der Waals surface area contributed by atoms with Crippen molar-refractivity contribution in [3.63, 3.8) is 0 Å². The number of nitrogens with two attached hydrogens (primary N) is 1. The Morgan fingerprint density at radius 3 is 1.62 bits per heavy atom. The summed E-state index contributed by atoms with van der Waals surface area (Å²) in [5, 5.41) is 0.343. The summed E-state index contributed by atoms with van der Waals surface area (Å²) < 4.78 is 0. The van der Waals surface area contributed by atoms with Crippen molar-refractivity contribution in [1.82, 2.24) is 0 Å². The molecule has 0 aliphatic carbocycles. The molecule has 8 heavy (non-hydrogen) atoms. The van der Waals surface area contributed by atoms with Gasteiger partial charge in [-0.1, -0.05) is 13.8 Å². The maximum Gasteiger partial charge on any atom is 0.0189 e. The Balaban J connectivity index is 3.46. The quantitative estimate of drug-likeness (QED) is 0.545. The van der Waals surface area contributed by atoms with Crippen molar-refractivity contribution in [2.24, 2.45) is 11.7 Å². The van der Waals surface area contributed by atoms with Crippen LogP contribution in [0, 0.1) is 5.92 Å². The monoisotopic (exact) mass is 133 g/mol. The minimum Gasteiger partial charge on any atom is -0.327 e. The number of hydrogen-bond acceptors (Lipinski definition) is 2. The van der Waals surface area contributed by atoms with E-state index < -0.39 is 0 Å². The largest absolute Gasteiger partial charge is 0.327 e. The number of rotatable bonds is 2. The molecule has 0 aromatic rings. The molecule has 0 aromatic carbocycles. The van der Waals surface area contributed by atoms with Gasteiger partial charge >= 0.3 is 0 Å². The summed E-state index contributed by atoms with van der Waals surface area (Å²) in [5.41, 5.74) is 5.56. The van der Waals surface area contributed by atoms with Gasteiger partial charge in [0.2, 0.25) is 0 Å². The molecule has 2 N–H and O–H groups in total. The zero-order valence-corrected chi connectivity index (χ0v) is 6.65. The lowest BCUT2D eigenvalue weighted by molar-refractivity contribution is 0.541. The van der Waals surface area contributed by atoms with Gasteiger partial charge < -0.3 is 5.73 Å². The van der Waals surface area contributed by atoms with Crippen LogP contribution < -0.4 is 5.73 Å². The van der Waals surface area contributed by atoms with Crippen LogP contribution in [-0.2, 0) is 0 Å². The van der Waals surface area contributed by atoms with Gasteiger partial charge in [-0.2, -0.15) is 12.6 Å². The second kappa shape index (κ2) is 3.36. The van der Waals surface area contributed by atoms with Crippen LogP contribution in [0.15, 0.2) is 0 Å². The van der Waals surface area contributed by atoms with Crippen LogP contribution in [0.4, 0.5) is 0 Å². The molecule has 0 radical (unpaired) electrons. The Morgan fingerprint density at radius 2 is 1.62 bits per heavy atom. The van der Waals surface area contributed by atoms with Crippen LogP contribution in [-0.4, -0.2) is 11.3 Å². The van der Waals surface area contributed by atoms with Gasteiger partial charge in [0.25, 0.3) is 0 Å². The van der Waals surface area contributed by atoms with Gasteiger partial charge in [0.15, 0.2) is 0 Å². The molecule has 2 atom stereocenters. The summed E-state index contributed by atoms with van der Waals surface area (Å²) in [5.74, 6) is 0.582. The normalized spacial score (nSPS) is 18.8. The molecule has 1 nitrogen and oxygen atoms in total. The molecule has 0 saturated carbocycles. The minimum absolute atomic E-state index is 0.207. The molecule has 2 unspecified atom stereocenters. The Morgan fingerprint density at radius 1 is 1.25 bits per heavy atom. The first-order chi connectivity index (χ1) is 3.55. The average molecular weight is 133 g/mol. The molecule has 0 saturated heterocycles. The SMILES string of the molecule is CC(C)C(S)C(C)N. The first-order valence-corrected chi connectivity index (χ1v) is 3.51. The summed E-state index contributed by atoms with van der Waals surface area (Å²) in [7, 11) is 0. The molecule has 2 heteroatoms. The molecule has 0 aromatic heterocycles. The summed E-state index contributed by atoms with van der Waals surface area (Å²) in [6.07, 6.45) is 0. The fraction of sp³-hybridized carbons (Fsp3) is 1.00. The molecule has 0 bridgehead atoms. The molecule has 0 fully saturated rings. The van der Waals surface area contributed by atoms with E-state index in [0.29, 0.717) is 11.2 Å². The standard InChI is InChI=1S/C6H15NS/c1-4(2)6(8)5(3)7/h4-6,8H,7H2,1-3H3. The van der Waals surface area contributed by atoms with E-state index in [1.165, 1.54) is 0 Å². The van der Waals surface area contributed by atoms with Gasteiger partial charge in [0.1, 0.15) is 0 Å². The molecule has 50 valence electrons. The van der Waals surface area contributed by atoms with Crippen LogP contribution in [0.2, 0.25) is 0 Å². The predicted octanol–water partition coefficient (Wildman–Crippen LogP) is 1.29. The van der Waals surface area contributed by atoms with Gasteiger partial charge in [0.05, 0.1) is 0 Å². The van der Waals surface area contributed by atoms with Crippen molar-refractivity contribution in [2.75, 3.05) is 0 Å². The third kappa shape index (κ3) is 2.58. The Labute approximate surface area is 57.1 Å². The summed E-state index contributed by atoms with van der Waals surface area (Å²) in [6, 6.07) is 0.207. The van der Waals surface area contributed by atoms with Gasteiger partial charge in [-0.25, -0.2) is 0 Å². The van der Waals surface area contributed by atoms with Gasteiger partial charge in [-0.15, -0.1) is 0 Å². The molecular formula is C6H15NS. The predicted molar refractivity (Wildman–Crippen MR) is 41.3 cm³/mol. The van der Waals surface area contributed by atoms with E-state index in [4.69, 9.17) is 5.73 Å². The molecule has 0 amide bonds. The fourth-order valence-corrected chi connectivity index (χ4v) is 0.607. The average Bonchev–Trinajstić information content (AvgIpc) is 1.64. The highest BCUT2D eigenvalue weighted by atomic mass is 32.1. The van der Waals surface area contributed by atoms with Crippen molar-refractivity contribution >= 4 is 12.6 Å². The Bertz CT molecular complexity index is 53.5. The maximum absolute atomic E-state index is 5.56. The molecule has 0 heterocycles. The van der Waals surface area contributed by atoms with E-state index >= 15 is 0 Å². The fourth-order valence-electron chi connectivity index (χ4n) is 0.607. The van der Waals surface area contributed by atoms with Crippen molar-refractivity contribution in [1.29, 1.82) is 0 Å². The zero-order chi connectivity index (χ0) is 6.73. The van der Waals surface area contributed by atoms with Crippen LogP contribution in [0.1, 0.15) is 20.8 Å². The second-order valence-electron chi connectivity index (χ2n) is 2.59. The van der Waals surface area contributed by atoms with Gasteiger partial charge in [-0.05, 0) is 12.8 Å². The zero-order valence-electron chi connectivity index (χ0n) is 5.76. The summed E-state index contributed by atoms with van der Waals surface area (Å²) >= 11 is 4.29. The summed E-state index contributed by atoms with van der Waals surface area (Å²) in [6.45, 7) is 6.24. The molecular weight excluding hydrogens is 118 g/mol. The van der Waals surface area contributed by atoms with Gasteiger partial charge in [0, 0.05) is 11.3 Å². The van der Waals surface area contributed by atoms with E-state index in [-0.39, 0.29) is 6.04 Å². The topological polar surface area (TPSA) is 26.0 Å². The van der Waals surface area contributed by atoms with Gasteiger partial charge in [-0.3, -0.25) is 0 Å². The maximum atomic E-state index is 5.56. The highest BCUT2D eigenvalue weighted by molar-refractivity contribution is 7.81. The van der Waals surface area contributed by atoms with E-state index in [0.717, 1.165) is 0 Å². The van der Waals surface area contributed by atoms with E-state index in [2.05, 4.69) is 26.5 Å². The van der Waals surface area contributed by atoms with E-state index in [9.17, 15) is 0 Å². The van der Waals surface area contributed by atoms with Crippen LogP contribution in [0.25, 0.3) is 0 Å². The van der Waals surface area contributed by atoms with Crippen molar-refractivity contribution in [2.45, 2.75) is 32.1 Å². The second-order valence-corrected chi connectivity index (χ2v) is 3.19.